The van der Waals surface area contributed by atoms with E-state index in [0.29, 0.717) is 20.8 Å². The molecule has 0 radical (unpaired) electrons. The first-order chi connectivity index (χ1) is 16.1. The third kappa shape index (κ3) is 2.86. The topological polar surface area (TPSA) is 112 Å². The number of aromatic nitrogens is 2. The average molecular weight is 491 g/mol. The van der Waals surface area contributed by atoms with E-state index in [2.05, 4.69) is 8.75 Å². The maximum atomic E-state index is 12.4. The summed E-state index contributed by atoms with van der Waals surface area (Å²) < 4.78 is 8.78. The molecule has 0 unspecified atom stereocenters. The zero-order valence-electron chi connectivity index (χ0n) is 16.4. The van der Waals surface area contributed by atoms with Crippen LogP contribution < -0.4 is 0 Å². The molecule has 6 aromatic rings. The lowest BCUT2D eigenvalue weighted by molar-refractivity contribution is -0.421. The van der Waals surface area contributed by atoms with Crippen molar-refractivity contribution in [2.45, 2.75) is 0 Å². The number of nitro benzene ring substituents is 2. The molecule has 3 aromatic heterocycles. The molecule has 0 spiro atoms. The third-order valence-electron chi connectivity index (χ3n) is 5.50. The molecule has 3 aromatic carbocycles. The van der Waals surface area contributed by atoms with Crippen LogP contribution in [-0.2, 0) is 0 Å². The Labute approximate surface area is 197 Å². The Hall–Kier alpha value is -3.80. The molecule has 0 aliphatic rings. The summed E-state index contributed by atoms with van der Waals surface area (Å²) in [6, 6.07) is 14.9. The lowest BCUT2D eigenvalue weighted by Crippen LogP contribution is -2.02. The second-order valence-electron chi connectivity index (χ2n) is 7.23. The number of nitrogens with zero attached hydrogens (tertiary/aromatic N) is 4. The van der Waals surface area contributed by atoms with Crippen molar-refractivity contribution >= 4 is 78.4 Å². The van der Waals surface area contributed by atoms with Crippen molar-refractivity contribution in [3.05, 3.63) is 79.5 Å². The second-order valence-corrected chi connectivity index (χ2v) is 9.51. The summed E-state index contributed by atoms with van der Waals surface area (Å²) >= 11 is 3.50. The number of nitro groups is 2. The molecule has 0 atom stereocenters. The highest BCUT2D eigenvalue weighted by molar-refractivity contribution is 7.16. The van der Waals surface area contributed by atoms with E-state index in [1.807, 2.05) is 59.3 Å². The van der Waals surface area contributed by atoms with Crippen LogP contribution in [0.2, 0.25) is 0 Å². The zero-order chi connectivity index (χ0) is 22.7. The Morgan fingerprint density at radius 1 is 0.667 bits per heavy atom. The van der Waals surface area contributed by atoms with Crippen molar-refractivity contribution in [3.8, 4) is 20.9 Å². The van der Waals surface area contributed by atoms with Crippen LogP contribution in [0.1, 0.15) is 0 Å². The molecular formula is C22H10N4O4S3. The van der Waals surface area contributed by atoms with Gasteiger partial charge in [0.25, 0.3) is 0 Å². The predicted octanol–water partition coefficient (Wildman–Crippen LogP) is 7.27. The van der Waals surface area contributed by atoms with Gasteiger partial charge in [-0.1, -0.05) is 48.5 Å². The van der Waals surface area contributed by atoms with Crippen LogP contribution in [-0.4, -0.2) is 18.6 Å². The Bertz CT molecular complexity index is 1630. The second kappa shape index (κ2) is 7.37. The SMILES string of the molecule is O=[N+]([O-])c1c([N+](=O)[O-])c(-c2scc3ccccc23)c2nsnc2c1-c1scc2ccccc12. The van der Waals surface area contributed by atoms with Crippen LogP contribution in [0.15, 0.2) is 59.3 Å². The van der Waals surface area contributed by atoms with Crippen LogP contribution in [0, 0.1) is 20.2 Å². The molecule has 0 aliphatic carbocycles. The van der Waals surface area contributed by atoms with Crippen LogP contribution in [0.3, 0.4) is 0 Å². The molecule has 0 saturated carbocycles. The monoisotopic (exact) mass is 490 g/mol. The number of rotatable bonds is 4. The molecule has 0 bridgehead atoms. The number of hydrogen-bond acceptors (Lipinski definition) is 9. The summed E-state index contributed by atoms with van der Waals surface area (Å²) in [4.78, 5) is 24.6. The van der Waals surface area contributed by atoms with Gasteiger partial charge in [0.15, 0.2) is 0 Å². The van der Waals surface area contributed by atoms with Gasteiger partial charge in [0.05, 0.1) is 31.3 Å². The van der Waals surface area contributed by atoms with Gasteiger partial charge >= 0.3 is 11.4 Å². The molecule has 160 valence electrons. The number of hydrogen-bond donors (Lipinski definition) is 0. The van der Waals surface area contributed by atoms with Gasteiger partial charge in [-0.3, -0.25) is 20.2 Å². The van der Waals surface area contributed by atoms with E-state index in [4.69, 9.17) is 0 Å². The van der Waals surface area contributed by atoms with E-state index in [-0.39, 0.29) is 11.1 Å². The summed E-state index contributed by atoms with van der Waals surface area (Å²) in [6.45, 7) is 0. The third-order valence-corrected chi connectivity index (χ3v) is 8.09. The number of thiophene rings is 2. The predicted molar refractivity (Wildman–Crippen MR) is 132 cm³/mol. The van der Waals surface area contributed by atoms with Gasteiger partial charge in [-0.25, -0.2) is 0 Å². The molecule has 33 heavy (non-hydrogen) atoms. The lowest BCUT2D eigenvalue weighted by atomic mass is 9.97. The van der Waals surface area contributed by atoms with Crippen LogP contribution in [0.4, 0.5) is 11.4 Å². The summed E-state index contributed by atoms with van der Waals surface area (Å²) in [5.74, 6) is 0. The first-order valence-corrected chi connectivity index (χ1v) is 12.1. The molecule has 8 nitrogen and oxygen atoms in total. The highest BCUT2D eigenvalue weighted by atomic mass is 32.1. The van der Waals surface area contributed by atoms with E-state index in [1.165, 1.54) is 22.7 Å². The van der Waals surface area contributed by atoms with Crippen molar-refractivity contribution in [1.29, 1.82) is 0 Å². The van der Waals surface area contributed by atoms with Gasteiger partial charge in [-0.2, -0.15) is 8.75 Å². The highest BCUT2D eigenvalue weighted by Gasteiger charge is 2.40. The normalized spacial score (nSPS) is 11.5. The smallest absolute Gasteiger partial charge is 0.258 e. The van der Waals surface area contributed by atoms with E-state index in [9.17, 15) is 20.2 Å². The van der Waals surface area contributed by atoms with Crippen LogP contribution in [0.5, 0.6) is 0 Å². The van der Waals surface area contributed by atoms with Crippen LogP contribution >= 0.6 is 34.4 Å². The minimum absolute atomic E-state index is 0.145. The lowest BCUT2D eigenvalue weighted by Gasteiger charge is -2.09. The van der Waals surface area contributed by atoms with E-state index >= 15 is 0 Å². The molecule has 11 heteroatoms. The molecule has 6 rings (SSSR count). The fourth-order valence-corrected chi connectivity index (χ4v) is 6.84. The maximum Gasteiger partial charge on any atom is 0.357 e. The Balaban J connectivity index is 1.83. The molecule has 0 fully saturated rings. The Morgan fingerprint density at radius 2 is 1.09 bits per heavy atom. The molecule has 0 amide bonds. The summed E-state index contributed by atoms with van der Waals surface area (Å²) in [6.07, 6.45) is 0. The largest absolute Gasteiger partial charge is 0.357 e. The maximum absolute atomic E-state index is 12.4. The van der Waals surface area contributed by atoms with Gasteiger partial charge in [0.2, 0.25) is 0 Å². The fourth-order valence-electron chi connectivity index (χ4n) is 4.14. The quantitative estimate of drug-likeness (QED) is 0.190. The van der Waals surface area contributed by atoms with Crippen molar-refractivity contribution in [1.82, 2.24) is 8.75 Å². The summed E-state index contributed by atoms with van der Waals surface area (Å²) in [5.41, 5.74) is -0.215. The van der Waals surface area contributed by atoms with Crippen molar-refractivity contribution in [2.75, 3.05) is 0 Å². The average Bonchev–Trinajstić information content (AvgIpc) is 3.55. The van der Waals surface area contributed by atoms with Crippen molar-refractivity contribution < 1.29 is 9.85 Å². The van der Waals surface area contributed by atoms with Gasteiger partial charge in [-0.15, -0.1) is 22.7 Å². The minimum Gasteiger partial charge on any atom is -0.258 e. The summed E-state index contributed by atoms with van der Waals surface area (Å²) in [5, 5.41) is 31.9. The van der Waals surface area contributed by atoms with Gasteiger partial charge < -0.3 is 0 Å². The van der Waals surface area contributed by atoms with E-state index in [0.717, 1.165) is 33.3 Å². The fraction of sp³-hybridized carbons (Fsp3) is 0. The van der Waals surface area contributed by atoms with Crippen molar-refractivity contribution in [3.63, 3.8) is 0 Å². The van der Waals surface area contributed by atoms with Crippen LogP contribution in [0.25, 0.3) is 53.5 Å². The van der Waals surface area contributed by atoms with Crippen molar-refractivity contribution in [2.24, 2.45) is 0 Å². The molecular weight excluding hydrogens is 480 g/mol. The zero-order valence-corrected chi connectivity index (χ0v) is 18.9. The molecule has 0 saturated heterocycles. The van der Waals surface area contributed by atoms with Gasteiger partial charge in [0.1, 0.15) is 22.2 Å². The Morgan fingerprint density at radius 3 is 1.52 bits per heavy atom. The molecule has 0 N–H and O–H groups in total. The summed E-state index contributed by atoms with van der Waals surface area (Å²) in [7, 11) is 0. The van der Waals surface area contributed by atoms with Gasteiger partial charge in [0, 0.05) is 10.8 Å². The van der Waals surface area contributed by atoms with E-state index in [1.54, 1.807) is 0 Å². The standard InChI is InChI=1S/C22H10N4O4S3/c27-25(28)19-15(21-13-7-3-1-5-11(13)9-31-21)17-18(24-33-23-17)16(20(19)26(29)30)22-14-8-4-2-6-12(14)10-32-22/h1-10H. The first-order valence-electron chi connectivity index (χ1n) is 9.60. The number of fused-ring (bicyclic) bond motifs is 3. The number of benzene rings is 3. The minimum atomic E-state index is -0.667. The molecule has 0 aliphatic heterocycles. The molecule has 3 heterocycles. The Kier molecular flexibility index (Phi) is 4.43. The van der Waals surface area contributed by atoms with Gasteiger partial charge in [-0.05, 0) is 21.5 Å². The van der Waals surface area contributed by atoms with E-state index < -0.39 is 21.2 Å². The highest BCUT2D eigenvalue weighted by Crippen LogP contribution is 2.53. The first kappa shape index (κ1) is 19.9.